The van der Waals surface area contributed by atoms with Crippen molar-refractivity contribution in [1.82, 2.24) is 8.61 Å². The maximum absolute atomic E-state index is 11.8. The van der Waals surface area contributed by atoms with Crippen LogP contribution in [0.4, 0.5) is 0 Å². The second kappa shape index (κ2) is 5.03. The Bertz CT molecular complexity index is 281. The van der Waals surface area contributed by atoms with E-state index < -0.39 is 10.2 Å². The molecule has 0 aromatic carbocycles. The molecule has 0 amide bonds. The van der Waals surface area contributed by atoms with E-state index in [1.165, 1.54) is 8.61 Å². The molecule has 1 fully saturated rings. The van der Waals surface area contributed by atoms with Crippen LogP contribution in [0.25, 0.3) is 0 Å². The first kappa shape index (κ1) is 12.6. The van der Waals surface area contributed by atoms with E-state index in [4.69, 9.17) is 11.6 Å². The second-order valence-electron chi connectivity index (χ2n) is 3.28. The Morgan fingerprint density at radius 2 is 2.21 bits per heavy atom. The molecule has 1 atom stereocenters. The minimum atomic E-state index is -3.29. The molecule has 0 aromatic heterocycles. The summed E-state index contributed by atoms with van der Waals surface area (Å²) in [4.78, 5) is 0. The van der Waals surface area contributed by atoms with E-state index in [1.54, 1.807) is 25.9 Å². The third-order valence-corrected chi connectivity index (χ3v) is 5.55. The zero-order valence-electron chi connectivity index (χ0n) is 8.31. The lowest BCUT2D eigenvalue weighted by molar-refractivity contribution is 0.341. The molecular formula is C7H15ClN2O2S2. The third-order valence-electron chi connectivity index (χ3n) is 2.11. The Hall–Kier alpha value is 0.510. The van der Waals surface area contributed by atoms with Crippen LogP contribution >= 0.6 is 23.4 Å². The minimum absolute atomic E-state index is 0.0668. The molecule has 14 heavy (non-hydrogen) atoms. The van der Waals surface area contributed by atoms with Crippen molar-refractivity contribution in [3.63, 3.8) is 0 Å². The van der Waals surface area contributed by atoms with Crippen molar-refractivity contribution in [3.8, 4) is 0 Å². The number of hydrogen-bond acceptors (Lipinski definition) is 3. The van der Waals surface area contributed by atoms with Gasteiger partial charge in [-0.1, -0.05) is 0 Å². The molecule has 4 nitrogen and oxygen atoms in total. The van der Waals surface area contributed by atoms with Crippen LogP contribution in [0.3, 0.4) is 0 Å². The minimum Gasteiger partial charge on any atom is -0.195 e. The zero-order chi connectivity index (χ0) is 10.8. The van der Waals surface area contributed by atoms with E-state index in [0.29, 0.717) is 12.4 Å². The van der Waals surface area contributed by atoms with Crippen molar-refractivity contribution in [2.75, 3.05) is 38.0 Å². The van der Waals surface area contributed by atoms with Crippen LogP contribution in [0, 0.1) is 0 Å². The third kappa shape index (κ3) is 2.55. The highest BCUT2D eigenvalue weighted by molar-refractivity contribution is 7.99. The number of nitrogens with zero attached hydrogens (tertiary/aromatic N) is 2. The summed E-state index contributed by atoms with van der Waals surface area (Å²) in [5, 5.41) is 0. The number of rotatable bonds is 3. The van der Waals surface area contributed by atoms with Gasteiger partial charge in [0.05, 0.1) is 0 Å². The fourth-order valence-electron chi connectivity index (χ4n) is 1.27. The quantitative estimate of drug-likeness (QED) is 0.691. The summed E-state index contributed by atoms with van der Waals surface area (Å²) >= 11 is 7.50. The fourth-order valence-corrected chi connectivity index (χ4v) is 4.30. The molecule has 1 aliphatic rings. The summed E-state index contributed by atoms with van der Waals surface area (Å²) < 4.78 is 26.4. The van der Waals surface area contributed by atoms with Crippen LogP contribution < -0.4 is 0 Å². The van der Waals surface area contributed by atoms with Gasteiger partial charge in [-0.05, 0) is 0 Å². The molecular weight excluding hydrogens is 244 g/mol. The Morgan fingerprint density at radius 1 is 1.57 bits per heavy atom. The number of thioether (sulfide) groups is 1. The van der Waals surface area contributed by atoms with Gasteiger partial charge in [0.25, 0.3) is 10.2 Å². The molecule has 0 radical (unpaired) electrons. The predicted octanol–water partition coefficient (Wildman–Crippen LogP) is 0.449. The van der Waals surface area contributed by atoms with E-state index in [2.05, 4.69) is 0 Å². The van der Waals surface area contributed by atoms with Crippen molar-refractivity contribution >= 4 is 33.6 Å². The standard InChI is InChI=1S/C7H15ClN2O2S2/c1-9(2)14(11,12)10-3-4-13-6-7(10)5-8/h7H,3-6H2,1-2H3. The molecule has 1 unspecified atom stereocenters. The SMILES string of the molecule is CN(C)S(=O)(=O)N1CCSCC1CCl. The molecule has 1 heterocycles. The lowest BCUT2D eigenvalue weighted by Crippen LogP contribution is -2.51. The average molecular weight is 259 g/mol. The van der Waals surface area contributed by atoms with Crippen molar-refractivity contribution in [3.05, 3.63) is 0 Å². The Labute approximate surface area is 94.8 Å². The first-order valence-electron chi connectivity index (χ1n) is 4.33. The van der Waals surface area contributed by atoms with Crippen LogP contribution in [0.5, 0.6) is 0 Å². The van der Waals surface area contributed by atoms with Gasteiger partial charge in [0, 0.05) is 44.1 Å². The summed E-state index contributed by atoms with van der Waals surface area (Å²) in [5.74, 6) is 2.00. The summed E-state index contributed by atoms with van der Waals surface area (Å²) in [7, 11) is -0.204. The Balaban J connectivity index is 2.83. The molecule has 1 saturated heterocycles. The first-order valence-corrected chi connectivity index (χ1v) is 7.41. The topological polar surface area (TPSA) is 40.6 Å². The van der Waals surface area contributed by atoms with Gasteiger partial charge < -0.3 is 0 Å². The molecule has 0 saturated carbocycles. The summed E-state index contributed by atoms with van der Waals surface area (Å²) in [6.45, 7) is 0.558. The van der Waals surface area contributed by atoms with E-state index in [-0.39, 0.29) is 6.04 Å². The normalized spacial score (nSPS) is 25.6. The molecule has 7 heteroatoms. The molecule has 84 valence electrons. The smallest absolute Gasteiger partial charge is 0.195 e. The molecule has 1 aliphatic heterocycles. The van der Waals surface area contributed by atoms with Crippen LogP contribution in [0.1, 0.15) is 0 Å². The molecule has 1 rings (SSSR count). The van der Waals surface area contributed by atoms with Crippen LogP contribution in [-0.4, -0.2) is 61.1 Å². The molecule has 0 aliphatic carbocycles. The van der Waals surface area contributed by atoms with Crippen LogP contribution in [0.2, 0.25) is 0 Å². The van der Waals surface area contributed by atoms with Gasteiger partial charge in [-0.25, -0.2) is 0 Å². The number of hydrogen-bond donors (Lipinski definition) is 0. The number of alkyl halides is 1. The fraction of sp³-hybridized carbons (Fsp3) is 1.00. The number of halogens is 1. The second-order valence-corrected chi connectivity index (χ2v) is 6.84. The van der Waals surface area contributed by atoms with E-state index in [1.807, 2.05) is 0 Å². The van der Waals surface area contributed by atoms with E-state index >= 15 is 0 Å². The van der Waals surface area contributed by atoms with Gasteiger partial charge in [-0.15, -0.1) is 11.6 Å². The highest BCUT2D eigenvalue weighted by Gasteiger charge is 2.33. The van der Waals surface area contributed by atoms with Crippen molar-refractivity contribution in [1.29, 1.82) is 0 Å². The highest BCUT2D eigenvalue weighted by atomic mass is 35.5. The van der Waals surface area contributed by atoms with Crippen LogP contribution in [0.15, 0.2) is 0 Å². The van der Waals surface area contributed by atoms with Gasteiger partial charge >= 0.3 is 0 Å². The monoisotopic (exact) mass is 258 g/mol. The van der Waals surface area contributed by atoms with E-state index in [9.17, 15) is 8.42 Å². The van der Waals surface area contributed by atoms with Crippen molar-refractivity contribution in [2.45, 2.75) is 6.04 Å². The zero-order valence-corrected chi connectivity index (χ0v) is 10.7. The maximum Gasteiger partial charge on any atom is 0.281 e. The molecule has 0 N–H and O–H groups in total. The van der Waals surface area contributed by atoms with Gasteiger partial charge in [0.15, 0.2) is 0 Å². The summed E-state index contributed by atoms with van der Waals surface area (Å²) in [5.41, 5.74) is 0. The predicted molar refractivity (Wildman–Crippen MR) is 61.1 cm³/mol. The summed E-state index contributed by atoms with van der Waals surface area (Å²) in [6, 6.07) is -0.0668. The van der Waals surface area contributed by atoms with Gasteiger partial charge in [-0.3, -0.25) is 0 Å². The van der Waals surface area contributed by atoms with Gasteiger partial charge in [0.2, 0.25) is 0 Å². The van der Waals surface area contributed by atoms with Crippen molar-refractivity contribution < 1.29 is 8.42 Å². The van der Waals surface area contributed by atoms with Gasteiger partial charge in [-0.2, -0.15) is 28.8 Å². The van der Waals surface area contributed by atoms with Gasteiger partial charge in [0.1, 0.15) is 0 Å². The largest absolute Gasteiger partial charge is 0.281 e. The molecule has 0 spiro atoms. The molecule has 0 aromatic rings. The maximum atomic E-state index is 11.8. The molecule has 0 bridgehead atoms. The summed E-state index contributed by atoms with van der Waals surface area (Å²) in [6.07, 6.45) is 0. The lowest BCUT2D eigenvalue weighted by atomic mass is 10.4. The van der Waals surface area contributed by atoms with Crippen molar-refractivity contribution in [2.24, 2.45) is 0 Å². The van der Waals surface area contributed by atoms with E-state index in [0.717, 1.165) is 11.5 Å². The van der Waals surface area contributed by atoms with Crippen LogP contribution in [-0.2, 0) is 10.2 Å². The highest BCUT2D eigenvalue weighted by Crippen LogP contribution is 2.21. The Kier molecular flexibility index (Phi) is 4.52. The average Bonchev–Trinajstić information content (AvgIpc) is 2.17. The lowest BCUT2D eigenvalue weighted by Gasteiger charge is -2.34. The first-order chi connectivity index (χ1) is 6.50. The Morgan fingerprint density at radius 3 is 2.71 bits per heavy atom.